The summed E-state index contributed by atoms with van der Waals surface area (Å²) in [6.07, 6.45) is -0.725. The fourth-order valence-corrected chi connectivity index (χ4v) is 0.812. The van der Waals surface area contributed by atoms with Crippen LogP contribution >= 0.6 is 11.9 Å². The number of carbonyl (C=O) groups excluding carboxylic acids is 2. The van der Waals surface area contributed by atoms with Crippen LogP contribution in [0.3, 0.4) is 0 Å². The number of aliphatic carboxylic acids is 2. The van der Waals surface area contributed by atoms with E-state index >= 15 is 0 Å². The molecule has 1 atom stereocenters. The van der Waals surface area contributed by atoms with Crippen molar-refractivity contribution < 1.29 is 37.2 Å². The second kappa shape index (κ2) is 7.90. The van der Waals surface area contributed by atoms with E-state index in [1.807, 2.05) is 0 Å². The molecule has 1 radical (unpaired) electrons. The molecule has 0 aliphatic rings. The normalized spacial score (nSPS) is 10.7. The quantitative estimate of drug-likeness (QED) is 0.401. The molecular weight excluding hydrogens is 236 g/mol. The van der Waals surface area contributed by atoms with Gasteiger partial charge in [-0.2, -0.15) is 5.26 Å². The summed E-state index contributed by atoms with van der Waals surface area (Å²) in [6, 6.07) is -1.40. The summed E-state index contributed by atoms with van der Waals surface area (Å²) in [5, 5.41) is 29.6. The molecule has 0 aromatic carbocycles. The Balaban J connectivity index is 0. The van der Waals surface area contributed by atoms with E-state index in [-0.39, 0.29) is 17.4 Å². The Kier molecular flexibility index (Phi) is 8.98. The van der Waals surface area contributed by atoms with Gasteiger partial charge in [-0.1, -0.05) is 0 Å². The van der Waals surface area contributed by atoms with Crippen molar-refractivity contribution in [2.75, 3.05) is 0 Å². The van der Waals surface area contributed by atoms with Gasteiger partial charge >= 0.3 is 17.4 Å². The second-order valence-electron chi connectivity index (χ2n) is 1.76. The minimum absolute atomic E-state index is 0. The molecule has 0 saturated heterocycles. The largest absolute Gasteiger partial charge is 3.00 e. The maximum absolute atomic E-state index is 10.2. The van der Waals surface area contributed by atoms with Crippen molar-refractivity contribution in [2.24, 2.45) is 0 Å². The second-order valence-corrected chi connectivity index (χ2v) is 2.38. The smallest absolute Gasteiger partial charge is 0.550 e. The van der Waals surface area contributed by atoms with E-state index in [1.165, 1.54) is 5.40 Å². The van der Waals surface area contributed by atoms with Crippen LogP contribution in [0.15, 0.2) is 0 Å². The number of carboxylic acids is 2. The molecule has 0 spiro atoms. The van der Waals surface area contributed by atoms with Crippen molar-refractivity contribution in [3.05, 3.63) is 0 Å². The number of thiocyanates is 1. The van der Waals surface area contributed by atoms with Crippen molar-refractivity contribution in [3.63, 3.8) is 0 Å². The molecule has 0 amide bonds. The van der Waals surface area contributed by atoms with Crippen molar-refractivity contribution >= 4 is 23.9 Å². The zero-order valence-electron chi connectivity index (χ0n) is 6.18. The van der Waals surface area contributed by atoms with Crippen LogP contribution in [0.5, 0.6) is 0 Å². The SMILES string of the molecule is N#CSN[C@@H](CC(=O)[O-])C(=O)[O-].[Cr+3]. The summed E-state index contributed by atoms with van der Waals surface area (Å²) < 4.78 is 2.07. The van der Waals surface area contributed by atoms with E-state index in [0.29, 0.717) is 11.9 Å². The van der Waals surface area contributed by atoms with Gasteiger partial charge in [0, 0.05) is 24.3 Å². The standard InChI is InChI=1S/C5H6N2O4S.Cr/c6-2-12-7-3(5(10)11)1-4(8)9;/h3,7H,1H2,(H,8,9)(H,10,11);/q;+3/p-2/t3-;/m0./s1. The van der Waals surface area contributed by atoms with Crippen LogP contribution in [-0.2, 0) is 27.0 Å². The Morgan fingerprint density at radius 3 is 2.38 bits per heavy atom. The molecule has 0 fully saturated rings. The average Bonchev–Trinajstić information content (AvgIpc) is 1.96. The first-order valence-electron chi connectivity index (χ1n) is 2.79. The Bertz CT molecular complexity index is 229. The number of rotatable bonds is 5. The van der Waals surface area contributed by atoms with Crippen molar-refractivity contribution in [3.8, 4) is 5.40 Å². The van der Waals surface area contributed by atoms with E-state index in [1.54, 1.807) is 0 Å². The number of carboxylic acid groups (broad SMARTS) is 2. The van der Waals surface area contributed by atoms with E-state index < -0.39 is 24.4 Å². The van der Waals surface area contributed by atoms with Gasteiger partial charge in [0.2, 0.25) is 0 Å². The minimum atomic E-state index is -1.58. The number of hydrogen-bond donors (Lipinski definition) is 1. The van der Waals surface area contributed by atoms with Crippen molar-refractivity contribution in [2.45, 2.75) is 12.5 Å². The van der Waals surface area contributed by atoms with Crippen LogP contribution in [0.25, 0.3) is 0 Å². The molecule has 0 heterocycles. The van der Waals surface area contributed by atoms with E-state index in [0.717, 1.165) is 0 Å². The average molecular weight is 240 g/mol. The van der Waals surface area contributed by atoms with Crippen LogP contribution in [0, 0.1) is 10.7 Å². The van der Waals surface area contributed by atoms with E-state index in [4.69, 9.17) is 5.26 Å². The van der Waals surface area contributed by atoms with Gasteiger partial charge in [0.05, 0.1) is 12.0 Å². The molecule has 0 aromatic heterocycles. The van der Waals surface area contributed by atoms with Crippen molar-refractivity contribution in [1.82, 2.24) is 4.72 Å². The minimum Gasteiger partial charge on any atom is -0.550 e. The van der Waals surface area contributed by atoms with Gasteiger partial charge in [0.1, 0.15) is 5.40 Å². The summed E-state index contributed by atoms with van der Waals surface area (Å²) in [5.74, 6) is -3.10. The van der Waals surface area contributed by atoms with Gasteiger partial charge in [0.25, 0.3) is 0 Å². The number of hydrogen-bond acceptors (Lipinski definition) is 7. The molecule has 0 bridgehead atoms. The summed E-state index contributed by atoms with van der Waals surface area (Å²) in [7, 11) is 0. The first kappa shape index (κ1) is 14.8. The third-order valence-electron chi connectivity index (χ3n) is 0.902. The summed E-state index contributed by atoms with van der Waals surface area (Å²) in [4.78, 5) is 20.1. The fraction of sp³-hybridized carbons (Fsp3) is 0.400. The number of nitrogens with one attached hydrogen (secondary N) is 1. The third-order valence-corrected chi connectivity index (χ3v) is 1.40. The predicted octanol–water partition coefficient (Wildman–Crippen LogP) is -3.04. The summed E-state index contributed by atoms with van der Waals surface area (Å²) in [6.45, 7) is 0. The summed E-state index contributed by atoms with van der Waals surface area (Å²) in [5.41, 5.74) is 0. The molecular formula is C5H4CrN2O4S+. The van der Waals surface area contributed by atoms with Gasteiger partial charge in [-0.3, -0.25) is 0 Å². The van der Waals surface area contributed by atoms with Gasteiger partial charge < -0.3 is 19.8 Å². The Hall–Kier alpha value is -0.728. The van der Waals surface area contributed by atoms with Gasteiger partial charge in [-0.25, -0.2) is 4.72 Å². The predicted molar refractivity (Wildman–Crippen MR) is 34.8 cm³/mol. The zero-order chi connectivity index (χ0) is 9.56. The molecule has 13 heavy (non-hydrogen) atoms. The maximum Gasteiger partial charge on any atom is 3.00 e. The molecule has 0 unspecified atom stereocenters. The topological polar surface area (TPSA) is 116 Å². The number of nitriles is 1. The van der Waals surface area contributed by atoms with Gasteiger partial charge in [0.15, 0.2) is 0 Å². The fourth-order valence-electron chi connectivity index (χ4n) is 0.437. The molecule has 0 rings (SSSR count). The molecule has 0 aliphatic carbocycles. The first-order valence-corrected chi connectivity index (χ1v) is 3.60. The Labute approximate surface area is 89.2 Å². The molecule has 69 valence electrons. The third kappa shape index (κ3) is 7.63. The van der Waals surface area contributed by atoms with Crippen LogP contribution in [0.1, 0.15) is 6.42 Å². The van der Waals surface area contributed by atoms with Crippen LogP contribution in [0.4, 0.5) is 0 Å². The zero-order valence-corrected chi connectivity index (χ0v) is 8.27. The van der Waals surface area contributed by atoms with Crippen LogP contribution < -0.4 is 14.9 Å². The molecule has 6 nitrogen and oxygen atoms in total. The Morgan fingerprint density at radius 1 is 1.54 bits per heavy atom. The first-order chi connectivity index (χ1) is 5.57. The summed E-state index contributed by atoms with van der Waals surface area (Å²) >= 11 is 0.430. The van der Waals surface area contributed by atoms with Gasteiger partial charge in [-0.15, -0.1) is 0 Å². The molecule has 8 heteroatoms. The van der Waals surface area contributed by atoms with Gasteiger partial charge in [-0.05, 0) is 0 Å². The van der Waals surface area contributed by atoms with E-state index in [9.17, 15) is 19.8 Å². The number of carbonyl (C=O) groups is 2. The van der Waals surface area contributed by atoms with E-state index in [2.05, 4.69) is 4.72 Å². The molecule has 0 aromatic rings. The monoisotopic (exact) mass is 240 g/mol. The van der Waals surface area contributed by atoms with Crippen LogP contribution in [-0.4, -0.2) is 18.0 Å². The molecule has 1 N–H and O–H groups in total. The Morgan fingerprint density at radius 2 is 2.08 bits per heavy atom. The maximum atomic E-state index is 10.2. The van der Waals surface area contributed by atoms with Crippen LogP contribution in [0.2, 0.25) is 0 Å². The van der Waals surface area contributed by atoms with Crippen molar-refractivity contribution in [1.29, 1.82) is 5.26 Å². The number of nitrogens with zero attached hydrogens (tertiary/aromatic N) is 1. The molecule has 0 aliphatic heterocycles. The molecule has 0 saturated carbocycles.